The van der Waals surface area contributed by atoms with Crippen LogP contribution < -0.4 is 10.5 Å². The fourth-order valence-corrected chi connectivity index (χ4v) is 2.48. The Balaban J connectivity index is 2.15. The summed E-state index contributed by atoms with van der Waals surface area (Å²) < 4.78 is 5.20. The van der Waals surface area contributed by atoms with Gasteiger partial charge < -0.3 is 15.5 Å². The lowest BCUT2D eigenvalue weighted by atomic mass is 10.0. The molecule has 5 heteroatoms. The molecule has 0 aliphatic carbocycles. The number of H-pyrrole nitrogens is 1. The van der Waals surface area contributed by atoms with Crippen LogP contribution in [0.25, 0.3) is 10.9 Å². The maximum atomic E-state index is 12.7. The fourth-order valence-electron chi connectivity index (χ4n) is 2.28. The zero-order chi connectivity index (χ0) is 15.0. The van der Waals surface area contributed by atoms with Gasteiger partial charge in [0.25, 0.3) is 0 Å². The summed E-state index contributed by atoms with van der Waals surface area (Å²) >= 11 is 6.11. The fraction of sp³-hybridized carbons (Fsp3) is 0.0625. The number of aromatic amines is 1. The van der Waals surface area contributed by atoms with E-state index in [0.29, 0.717) is 27.6 Å². The normalized spacial score (nSPS) is 10.8. The second-order valence-corrected chi connectivity index (χ2v) is 5.09. The van der Waals surface area contributed by atoms with E-state index in [-0.39, 0.29) is 5.78 Å². The number of hydrogen-bond donors (Lipinski definition) is 2. The number of aromatic nitrogens is 1. The highest BCUT2D eigenvalue weighted by Crippen LogP contribution is 2.28. The highest BCUT2D eigenvalue weighted by atomic mass is 35.5. The van der Waals surface area contributed by atoms with Crippen LogP contribution in [0, 0.1) is 0 Å². The van der Waals surface area contributed by atoms with Crippen molar-refractivity contribution in [1.82, 2.24) is 4.98 Å². The lowest BCUT2D eigenvalue weighted by molar-refractivity contribution is 0.104. The van der Waals surface area contributed by atoms with Gasteiger partial charge in [0, 0.05) is 33.9 Å². The number of carbonyl (C=O) groups is 1. The van der Waals surface area contributed by atoms with Crippen LogP contribution >= 0.6 is 11.6 Å². The Morgan fingerprint density at radius 3 is 2.76 bits per heavy atom. The predicted molar refractivity (Wildman–Crippen MR) is 84.1 cm³/mol. The molecule has 0 saturated heterocycles. The Hall–Kier alpha value is -2.46. The van der Waals surface area contributed by atoms with Gasteiger partial charge in [-0.05, 0) is 36.4 Å². The van der Waals surface area contributed by atoms with Gasteiger partial charge in [0.05, 0.1) is 12.1 Å². The predicted octanol–water partition coefficient (Wildman–Crippen LogP) is 3.64. The van der Waals surface area contributed by atoms with Crippen molar-refractivity contribution in [1.29, 1.82) is 0 Å². The molecule has 0 aliphatic heterocycles. The minimum atomic E-state index is -0.174. The van der Waals surface area contributed by atoms with Gasteiger partial charge in [0.1, 0.15) is 5.75 Å². The topological polar surface area (TPSA) is 68.1 Å². The van der Waals surface area contributed by atoms with E-state index in [1.165, 1.54) is 0 Å². The van der Waals surface area contributed by atoms with E-state index < -0.39 is 0 Å². The molecule has 0 saturated carbocycles. The number of methoxy groups -OCH3 is 1. The molecule has 1 aromatic heterocycles. The number of ketones is 1. The van der Waals surface area contributed by atoms with Crippen molar-refractivity contribution in [2.24, 2.45) is 0 Å². The third-order valence-electron chi connectivity index (χ3n) is 3.37. The standard InChI is InChI=1S/C16H13ClN2O2/c1-21-10-3-5-15-11(7-10)13(8-19-15)16(20)12-6-9(18)2-4-14(12)17/h2-8,19H,18H2,1H3. The maximum Gasteiger partial charge on any atom is 0.196 e. The summed E-state index contributed by atoms with van der Waals surface area (Å²) in [6.07, 6.45) is 1.67. The SMILES string of the molecule is COc1ccc2[nH]cc(C(=O)c3cc(N)ccc3Cl)c2c1. The molecule has 106 valence electrons. The second-order valence-electron chi connectivity index (χ2n) is 4.68. The second kappa shape index (κ2) is 5.14. The molecule has 0 atom stereocenters. The van der Waals surface area contributed by atoms with E-state index in [1.54, 1.807) is 31.5 Å². The monoisotopic (exact) mass is 300 g/mol. The average Bonchev–Trinajstić information content (AvgIpc) is 2.91. The molecule has 0 radical (unpaired) electrons. The smallest absolute Gasteiger partial charge is 0.196 e. The first kappa shape index (κ1) is 13.5. The minimum Gasteiger partial charge on any atom is -0.497 e. The summed E-state index contributed by atoms with van der Waals surface area (Å²) in [4.78, 5) is 15.8. The molecular weight excluding hydrogens is 288 g/mol. The third-order valence-corrected chi connectivity index (χ3v) is 3.70. The molecule has 21 heavy (non-hydrogen) atoms. The molecule has 1 heterocycles. The number of benzene rings is 2. The molecule has 2 aromatic carbocycles. The Labute approximate surface area is 126 Å². The largest absolute Gasteiger partial charge is 0.497 e. The van der Waals surface area contributed by atoms with Crippen LogP contribution in [0.5, 0.6) is 5.75 Å². The number of anilines is 1. The molecule has 3 N–H and O–H groups in total. The van der Waals surface area contributed by atoms with Gasteiger partial charge in [-0.25, -0.2) is 0 Å². The van der Waals surface area contributed by atoms with Gasteiger partial charge in [-0.2, -0.15) is 0 Å². The number of hydrogen-bond acceptors (Lipinski definition) is 3. The first-order valence-electron chi connectivity index (χ1n) is 6.35. The number of rotatable bonds is 3. The maximum absolute atomic E-state index is 12.7. The van der Waals surface area contributed by atoms with Crippen LogP contribution in [0.3, 0.4) is 0 Å². The Morgan fingerprint density at radius 2 is 2.00 bits per heavy atom. The average molecular weight is 301 g/mol. The van der Waals surface area contributed by atoms with Crippen LogP contribution in [0.15, 0.2) is 42.6 Å². The summed E-state index contributed by atoms with van der Waals surface area (Å²) in [7, 11) is 1.59. The molecule has 4 nitrogen and oxygen atoms in total. The lowest BCUT2D eigenvalue weighted by Gasteiger charge is -2.05. The van der Waals surface area contributed by atoms with Gasteiger partial charge in [-0.1, -0.05) is 11.6 Å². The number of fused-ring (bicyclic) bond motifs is 1. The lowest BCUT2D eigenvalue weighted by Crippen LogP contribution is -2.02. The van der Waals surface area contributed by atoms with Crippen LogP contribution in [0.4, 0.5) is 5.69 Å². The minimum absolute atomic E-state index is 0.174. The van der Waals surface area contributed by atoms with E-state index in [0.717, 1.165) is 10.9 Å². The van der Waals surface area contributed by atoms with Crippen LogP contribution in [-0.2, 0) is 0 Å². The van der Waals surface area contributed by atoms with Crippen molar-refractivity contribution in [2.45, 2.75) is 0 Å². The van der Waals surface area contributed by atoms with Crippen molar-refractivity contribution in [3.05, 3.63) is 58.7 Å². The van der Waals surface area contributed by atoms with E-state index in [9.17, 15) is 4.79 Å². The van der Waals surface area contributed by atoms with Gasteiger partial charge in [0.2, 0.25) is 0 Å². The molecule has 0 spiro atoms. The van der Waals surface area contributed by atoms with Crippen molar-refractivity contribution < 1.29 is 9.53 Å². The number of nitrogens with two attached hydrogens (primary N) is 1. The summed E-state index contributed by atoms with van der Waals surface area (Å²) in [5, 5.41) is 1.17. The van der Waals surface area contributed by atoms with Crippen LogP contribution in [0.2, 0.25) is 5.02 Å². The van der Waals surface area contributed by atoms with E-state index in [4.69, 9.17) is 22.1 Å². The van der Waals surface area contributed by atoms with Gasteiger partial charge in [-0.3, -0.25) is 4.79 Å². The number of halogens is 1. The van der Waals surface area contributed by atoms with E-state index in [2.05, 4.69) is 4.98 Å². The Kier molecular flexibility index (Phi) is 3.31. The molecule has 3 rings (SSSR count). The molecule has 3 aromatic rings. The van der Waals surface area contributed by atoms with Crippen molar-refractivity contribution in [2.75, 3.05) is 12.8 Å². The molecule has 0 aliphatic rings. The van der Waals surface area contributed by atoms with E-state index in [1.807, 2.05) is 18.2 Å². The van der Waals surface area contributed by atoms with Gasteiger partial charge in [0.15, 0.2) is 5.78 Å². The first-order chi connectivity index (χ1) is 10.1. The number of nitrogens with one attached hydrogen (secondary N) is 1. The highest BCUT2D eigenvalue weighted by Gasteiger charge is 2.17. The zero-order valence-corrected chi connectivity index (χ0v) is 12.1. The molecule has 0 amide bonds. The van der Waals surface area contributed by atoms with Crippen molar-refractivity contribution >= 4 is 34.0 Å². The number of nitrogen functional groups attached to an aromatic ring is 1. The Morgan fingerprint density at radius 1 is 1.19 bits per heavy atom. The zero-order valence-electron chi connectivity index (χ0n) is 11.3. The summed E-state index contributed by atoms with van der Waals surface area (Å²) in [6, 6.07) is 10.4. The molecular formula is C16H13ClN2O2. The quantitative estimate of drug-likeness (QED) is 0.573. The summed E-state index contributed by atoms with van der Waals surface area (Å²) in [5.41, 5.74) is 8.03. The van der Waals surface area contributed by atoms with Gasteiger partial charge >= 0.3 is 0 Å². The van der Waals surface area contributed by atoms with E-state index >= 15 is 0 Å². The summed E-state index contributed by atoms with van der Waals surface area (Å²) in [5.74, 6) is 0.515. The van der Waals surface area contributed by atoms with Gasteiger partial charge in [-0.15, -0.1) is 0 Å². The summed E-state index contributed by atoms with van der Waals surface area (Å²) in [6.45, 7) is 0. The number of ether oxygens (including phenoxy) is 1. The van der Waals surface area contributed by atoms with Crippen LogP contribution in [0.1, 0.15) is 15.9 Å². The first-order valence-corrected chi connectivity index (χ1v) is 6.73. The number of carbonyl (C=O) groups excluding carboxylic acids is 1. The highest BCUT2D eigenvalue weighted by molar-refractivity contribution is 6.35. The van der Waals surface area contributed by atoms with Crippen molar-refractivity contribution in [3.8, 4) is 5.75 Å². The molecule has 0 fully saturated rings. The third kappa shape index (κ3) is 2.34. The Bertz CT molecular complexity index is 839. The van der Waals surface area contributed by atoms with Crippen molar-refractivity contribution in [3.63, 3.8) is 0 Å². The molecule has 0 bridgehead atoms. The molecule has 0 unspecified atom stereocenters. The van der Waals surface area contributed by atoms with Crippen LogP contribution in [-0.4, -0.2) is 17.9 Å².